The summed E-state index contributed by atoms with van der Waals surface area (Å²) >= 11 is 12.6. The fourth-order valence-electron chi connectivity index (χ4n) is 6.67. The van der Waals surface area contributed by atoms with Crippen LogP contribution < -0.4 is 9.64 Å². The quantitative estimate of drug-likeness (QED) is 0.384. The fourth-order valence-corrected chi connectivity index (χ4v) is 7.23. The zero-order valence-electron chi connectivity index (χ0n) is 22.2. The first-order chi connectivity index (χ1) is 18.2. The topological polar surface area (TPSA) is 65.9 Å². The van der Waals surface area contributed by atoms with Crippen LogP contribution in [0.3, 0.4) is 0 Å². The molecule has 6 nitrogen and oxygen atoms in total. The maximum Gasteiger partial charge on any atom is 0.309 e. The summed E-state index contributed by atoms with van der Waals surface area (Å²) in [7, 11) is 0. The molecule has 38 heavy (non-hydrogen) atoms. The van der Waals surface area contributed by atoms with Crippen molar-refractivity contribution in [2.45, 2.75) is 70.4 Å². The molecule has 2 atom stereocenters. The highest BCUT2D eigenvalue weighted by Crippen LogP contribution is 2.47. The van der Waals surface area contributed by atoms with Crippen molar-refractivity contribution in [1.29, 1.82) is 0 Å². The lowest BCUT2D eigenvalue weighted by molar-refractivity contribution is -0.158. The van der Waals surface area contributed by atoms with Crippen LogP contribution in [0.15, 0.2) is 30.5 Å². The van der Waals surface area contributed by atoms with Gasteiger partial charge in [0.25, 0.3) is 0 Å². The minimum absolute atomic E-state index is 0.195. The molecular weight excluding hydrogens is 521 g/mol. The van der Waals surface area contributed by atoms with Crippen LogP contribution in [0.4, 0.5) is 5.82 Å². The number of halogens is 2. The molecule has 0 unspecified atom stereocenters. The Kier molecular flexibility index (Phi) is 7.02. The lowest BCUT2D eigenvalue weighted by Crippen LogP contribution is -2.58. The second-order valence-corrected chi connectivity index (χ2v) is 13.1. The summed E-state index contributed by atoms with van der Waals surface area (Å²) in [6.07, 6.45) is 8.23. The molecule has 3 heterocycles. The predicted octanol–water partition coefficient (Wildman–Crippen LogP) is 6.81. The first-order valence-electron chi connectivity index (χ1n) is 14.0. The number of pyridine rings is 1. The monoisotopic (exact) mass is 557 g/mol. The molecule has 0 amide bonds. The Morgan fingerprint density at radius 3 is 2.58 bits per heavy atom. The summed E-state index contributed by atoms with van der Waals surface area (Å²) in [6, 6.07) is 8.11. The number of carboxylic acids is 1. The van der Waals surface area contributed by atoms with Crippen molar-refractivity contribution in [3.63, 3.8) is 0 Å². The summed E-state index contributed by atoms with van der Waals surface area (Å²) in [5, 5.41) is 10.7. The second kappa shape index (κ2) is 10.2. The number of carbonyl (C=O) groups is 1. The zero-order chi connectivity index (χ0) is 26.6. The number of nitrogens with zero attached hydrogens (tertiary/aromatic N) is 3. The number of rotatable bonds is 8. The number of hydrogen-bond acceptors (Lipinski definition) is 5. The molecule has 4 aliphatic rings. The van der Waals surface area contributed by atoms with Crippen LogP contribution in [0.25, 0.3) is 0 Å². The van der Waals surface area contributed by atoms with E-state index in [4.69, 9.17) is 32.9 Å². The van der Waals surface area contributed by atoms with Crippen molar-refractivity contribution >= 4 is 35.0 Å². The maximum absolute atomic E-state index is 11.5. The van der Waals surface area contributed by atoms with E-state index < -0.39 is 11.4 Å². The van der Waals surface area contributed by atoms with Gasteiger partial charge in [0.05, 0.1) is 5.41 Å². The minimum atomic E-state index is -0.647. The summed E-state index contributed by atoms with van der Waals surface area (Å²) < 4.78 is 6.51. The first kappa shape index (κ1) is 26.2. The number of aromatic nitrogens is 1. The second-order valence-electron chi connectivity index (χ2n) is 12.3. The van der Waals surface area contributed by atoms with Crippen LogP contribution in [0.1, 0.15) is 75.5 Å². The molecule has 0 spiro atoms. The SMILES string of the molecule is C[C@@H](Oc1cc(N2CC([C@H]3CCCN(C4CC(C)(C(=O)O)C4)C3)C2)ncc1C1CC1)c1ccc(Cl)cc1Cl. The van der Waals surface area contributed by atoms with Crippen LogP contribution >= 0.6 is 23.2 Å². The van der Waals surface area contributed by atoms with Gasteiger partial charge >= 0.3 is 5.97 Å². The molecule has 6 rings (SSSR count). The van der Waals surface area contributed by atoms with Gasteiger partial charge in [0.1, 0.15) is 17.7 Å². The van der Waals surface area contributed by atoms with E-state index in [1.165, 1.54) is 31.2 Å². The fraction of sp³-hybridized carbons (Fsp3) is 0.600. The molecule has 1 aromatic carbocycles. The molecule has 4 fully saturated rings. The lowest BCUT2D eigenvalue weighted by Gasteiger charge is -2.52. The Bertz CT molecular complexity index is 1210. The highest BCUT2D eigenvalue weighted by molar-refractivity contribution is 6.35. The molecule has 2 aromatic rings. The summed E-state index contributed by atoms with van der Waals surface area (Å²) in [6.45, 7) is 8.16. The molecule has 2 saturated carbocycles. The van der Waals surface area contributed by atoms with E-state index in [0.717, 1.165) is 56.2 Å². The average molecular weight is 559 g/mol. The number of aliphatic carboxylic acids is 1. The van der Waals surface area contributed by atoms with Crippen molar-refractivity contribution in [2.75, 3.05) is 31.1 Å². The Morgan fingerprint density at radius 2 is 1.89 bits per heavy atom. The van der Waals surface area contributed by atoms with Crippen molar-refractivity contribution in [3.8, 4) is 5.75 Å². The normalized spacial score (nSPS) is 28.9. The van der Waals surface area contributed by atoms with Gasteiger partial charge in [-0.25, -0.2) is 4.98 Å². The molecule has 1 N–H and O–H groups in total. The number of benzene rings is 1. The Labute approximate surface area is 235 Å². The van der Waals surface area contributed by atoms with Gasteiger partial charge in [-0.3, -0.25) is 4.79 Å². The number of hydrogen-bond donors (Lipinski definition) is 1. The van der Waals surface area contributed by atoms with Gasteiger partial charge in [-0.05, 0) is 88.8 Å². The number of anilines is 1. The van der Waals surface area contributed by atoms with E-state index in [-0.39, 0.29) is 6.10 Å². The molecule has 8 heteroatoms. The third-order valence-electron chi connectivity index (χ3n) is 9.40. The largest absolute Gasteiger partial charge is 0.485 e. The Morgan fingerprint density at radius 1 is 1.13 bits per heavy atom. The van der Waals surface area contributed by atoms with E-state index in [2.05, 4.69) is 15.9 Å². The number of ether oxygens (including phenoxy) is 1. The summed E-state index contributed by atoms with van der Waals surface area (Å²) in [5.41, 5.74) is 1.59. The van der Waals surface area contributed by atoms with Crippen molar-refractivity contribution in [2.24, 2.45) is 17.3 Å². The standard InChI is InChI=1S/C30H37Cl2N3O3/c1-18(24-8-7-22(31)10-26(24)32)38-27-11-28(33-14-25(27)19-5-6-19)35-16-21(17-35)20-4-3-9-34(15-20)23-12-30(2,13-23)29(36)37/h7-8,10-11,14,18-21,23H,3-6,9,12-13,15-17H2,1-2H3,(H,36,37)/t18-,20+,23?,30?/m1/s1. The maximum atomic E-state index is 11.5. The van der Waals surface area contributed by atoms with Crippen LogP contribution in [0, 0.1) is 17.3 Å². The first-order valence-corrected chi connectivity index (χ1v) is 14.8. The van der Waals surface area contributed by atoms with Crippen LogP contribution in [0.5, 0.6) is 5.75 Å². The van der Waals surface area contributed by atoms with E-state index in [9.17, 15) is 9.90 Å². The highest BCUT2D eigenvalue weighted by Gasteiger charge is 2.49. The molecule has 2 saturated heterocycles. The van der Waals surface area contributed by atoms with Gasteiger partial charge in [0.2, 0.25) is 0 Å². The summed E-state index contributed by atoms with van der Waals surface area (Å²) in [4.78, 5) is 21.3. The van der Waals surface area contributed by atoms with Gasteiger partial charge in [-0.1, -0.05) is 29.3 Å². The van der Waals surface area contributed by atoms with Gasteiger partial charge in [-0.15, -0.1) is 0 Å². The molecule has 204 valence electrons. The van der Waals surface area contributed by atoms with Crippen molar-refractivity contribution < 1.29 is 14.6 Å². The number of carboxylic acid groups (broad SMARTS) is 1. The van der Waals surface area contributed by atoms with E-state index in [1.807, 2.05) is 32.2 Å². The van der Waals surface area contributed by atoms with E-state index in [0.29, 0.717) is 33.8 Å². The molecular formula is C30H37Cl2N3O3. The third kappa shape index (κ3) is 5.12. The molecule has 1 aromatic heterocycles. The van der Waals surface area contributed by atoms with Crippen molar-refractivity contribution in [1.82, 2.24) is 9.88 Å². The van der Waals surface area contributed by atoms with Crippen molar-refractivity contribution in [3.05, 3.63) is 51.6 Å². The molecule has 0 radical (unpaired) electrons. The number of piperidine rings is 1. The molecule has 2 aliphatic heterocycles. The number of likely N-dealkylation sites (tertiary alicyclic amines) is 1. The van der Waals surface area contributed by atoms with Crippen LogP contribution in [-0.4, -0.2) is 53.2 Å². The Hall–Kier alpha value is -2.02. The highest BCUT2D eigenvalue weighted by atomic mass is 35.5. The minimum Gasteiger partial charge on any atom is -0.485 e. The average Bonchev–Trinajstić information content (AvgIpc) is 3.66. The molecule has 0 bridgehead atoms. The van der Waals surface area contributed by atoms with Gasteiger partial charge < -0.3 is 19.6 Å². The predicted molar refractivity (Wildman–Crippen MR) is 150 cm³/mol. The lowest BCUT2D eigenvalue weighted by atomic mass is 9.65. The van der Waals surface area contributed by atoms with Crippen LogP contribution in [-0.2, 0) is 4.79 Å². The van der Waals surface area contributed by atoms with Gasteiger partial charge in [-0.2, -0.15) is 0 Å². The van der Waals surface area contributed by atoms with E-state index in [1.54, 1.807) is 6.07 Å². The van der Waals surface area contributed by atoms with Crippen LogP contribution in [0.2, 0.25) is 10.0 Å². The van der Waals surface area contributed by atoms with E-state index >= 15 is 0 Å². The van der Waals surface area contributed by atoms with Gasteiger partial charge in [0.15, 0.2) is 0 Å². The third-order valence-corrected chi connectivity index (χ3v) is 9.96. The Balaban J connectivity index is 1.09. The molecule has 2 aliphatic carbocycles. The summed E-state index contributed by atoms with van der Waals surface area (Å²) in [5.74, 6) is 3.11. The zero-order valence-corrected chi connectivity index (χ0v) is 23.7. The van der Waals surface area contributed by atoms with Gasteiger partial charge in [0, 0.05) is 59.1 Å². The smallest absolute Gasteiger partial charge is 0.309 e.